The van der Waals surface area contributed by atoms with Crippen LogP contribution < -0.4 is 5.73 Å². The maximum absolute atomic E-state index is 12.4. The van der Waals surface area contributed by atoms with Crippen molar-refractivity contribution in [1.29, 1.82) is 0 Å². The van der Waals surface area contributed by atoms with Crippen LogP contribution in [0.2, 0.25) is 0 Å². The largest absolute Gasteiger partial charge is 0.369 e. The topological polar surface area (TPSA) is 63.4 Å². The molecule has 1 aliphatic heterocycles. The number of hydrogen-bond donors (Lipinski definition) is 1. The second-order valence-electron chi connectivity index (χ2n) is 5.38. The molecule has 0 bridgehead atoms. The third-order valence-electron chi connectivity index (χ3n) is 3.85. The summed E-state index contributed by atoms with van der Waals surface area (Å²) in [5.41, 5.74) is 6.33. The molecule has 0 saturated carbocycles. The second kappa shape index (κ2) is 6.39. The zero-order valence-corrected chi connectivity index (χ0v) is 13.1. The lowest BCUT2D eigenvalue weighted by Crippen LogP contribution is -2.49. The highest BCUT2D eigenvalue weighted by Crippen LogP contribution is 2.23. The van der Waals surface area contributed by atoms with Gasteiger partial charge in [-0.3, -0.25) is 9.59 Å². The van der Waals surface area contributed by atoms with E-state index in [1.54, 1.807) is 4.90 Å². The molecular weight excluding hydrogens is 320 g/mol. The Morgan fingerprint density at radius 2 is 2.15 bits per heavy atom. The van der Waals surface area contributed by atoms with Crippen molar-refractivity contribution < 1.29 is 9.59 Å². The predicted octanol–water partition coefficient (Wildman–Crippen LogP) is 2.10. The van der Waals surface area contributed by atoms with Crippen LogP contribution in [0.4, 0.5) is 0 Å². The average molecular weight is 339 g/mol. The molecule has 1 fully saturated rings. The zero-order valence-electron chi connectivity index (χ0n) is 11.5. The highest BCUT2D eigenvalue weighted by molar-refractivity contribution is 9.10. The number of carbonyl (C=O) groups is 2. The van der Waals surface area contributed by atoms with Gasteiger partial charge in [0.15, 0.2) is 0 Å². The highest BCUT2D eigenvalue weighted by atomic mass is 79.9. The molecule has 5 heteroatoms. The summed E-state index contributed by atoms with van der Waals surface area (Å²) in [5.74, 6) is -0.462. The summed E-state index contributed by atoms with van der Waals surface area (Å²) in [4.78, 5) is 25.5. The van der Waals surface area contributed by atoms with Crippen LogP contribution in [0.15, 0.2) is 28.7 Å². The SMILES string of the molecule is C[C@@H]1CC[C@@H](C(N)=O)CN1C(=O)Cc1cccc(Br)c1. The van der Waals surface area contributed by atoms with Gasteiger partial charge in [0, 0.05) is 17.1 Å². The van der Waals surface area contributed by atoms with Crippen LogP contribution in [0, 0.1) is 5.92 Å². The van der Waals surface area contributed by atoms with Gasteiger partial charge in [-0.15, -0.1) is 0 Å². The Kier molecular flexibility index (Phi) is 4.81. The summed E-state index contributed by atoms with van der Waals surface area (Å²) in [6.45, 7) is 2.47. The summed E-state index contributed by atoms with van der Waals surface area (Å²) in [5, 5.41) is 0. The Bertz CT molecular complexity index is 518. The normalized spacial score (nSPS) is 22.6. The molecule has 20 heavy (non-hydrogen) atoms. The molecule has 2 atom stereocenters. The summed E-state index contributed by atoms with van der Waals surface area (Å²) < 4.78 is 0.963. The molecule has 1 aromatic carbocycles. The van der Waals surface area contributed by atoms with Crippen LogP contribution in [0.1, 0.15) is 25.3 Å². The number of likely N-dealkylation sites (tertiary alicyclic amines) is 1. The van der Waals surface area contributed by atoms with Crippen LogP contribution in [0.5, 0.6) is 0 Å². The molecule has 2 rings (SSSR count). The first-order chi connectivity index (χ1) is 9.47. The van der Waals surface area contributed by atoms with E-state index < -0.39 is 0 Å². The molecule has 0 unspecified atom stereocenters. The lowest BCUT2D eigenvalue weighted by molar-refractivity contribution is -0.136. The maximum atomic E-state index is 12.4. The van der Waals surface area contributed by atoms with E-state index in [2.05, 4.69) is 15.9 Å². The van der Waals surface area contributed by atoms with Crippen molar-refractivity contribution in [2.45, 2.75) is 32.2 Å². The summed E-state index contributed by atoms with van der Waals surface area (Å²) in [6.07, 6.45) is 1.96. The Morgan fingerprint density at radius 1 is 1.40 bits per heavy atom. The molecule has 0 aliphatic carbocycles. The average Bonchev–Trinajstić information content (AvgIpc) is 2.38. The first-order valence-electron chi connectivity index (χ1n) is 6.80. The van der Waals surface area contributed by atoms with Crippen LogP contribution >= 0.6 is 15.9 Å². The van der Waals surface area contributed by atoms with E-state index in [1.807, 2.05) is 31.2 Å². The van der Waals surface area contributed by atoms with Gasteiger partial charge in [-0.25, -0.2) is 0 Å². The highest BCUT2D eigenvalue weighted by Gasteiger charge is 2.31. The number of nitrogens with zero attached hydrogens (tertiary/aromatic N) is 1. The number of piperidine rings is 1. The molecule has 0 radical (unpaired) electrons. The lowest BCUT2D eigenvalue weighted by atomic mass is 9.92. The standard InChI is InChI=1S/C15H19BrN2O2/c1-10-5-6-12(15(17)20)9-18(10)14(19)8-11-3-2-4-13(16)7-11/h2-4,7,10,12H,5-6,8-9H2,1H3,(H2,17,20)/t10-,12-/m1/s1. The van der Waals surface area contributed by atoms with E-state index in [0.29, 0.717) is 13.0 Å². The van der Waals surface area contributed by atoms with E-state index in [0.717, 1.165) is 22.9 Å². The van der Waals surface area contributed by atoms with E-state index in [1.165, 1.54) is 0 Å². The zero-order chi connectivity index (χ0) is 14.7. The number of halogens is 1. The molecule has 108 valence electrons. The van der Waals surface area contributed by atoms with Gasteiger partial charge in [-0.05, 0) is 37.5 Å². The minimum Gasteiger partial charge on any atom is -0.369 e. The minimum atomic E-state index is -0.308. The van der Waals surface area contributed by atoms with Crippen molar-refractivity contribution in [2.75, 3.05) is 6.54 Å². The van der Waals surface area contributed by atoms with Gasteiger partial charge >= 0.3 is 0 Å². The van der Waals surface area contributed by atoms with Gasteiger partial charge in [0.25, 0.3) is 0 Å². The van der Waals surface area contributed by atoms with E-state index in [4.69, 9.17) is 5.73 Å². The van der Waals surface area contributed by atoms with Crippen molar-refractivity contribution in [2.24, 2.45) is 11.7 Å². The number of carbonyl (C=O) groups excluding carboxylic acids is 2. The number of nitrogens with two attached hydrogens (primary N) is 1. The fourth-order valence-corrected chi connectivity index (χ4v) is 3.06. The third-order valence-corrected chi connectivity index (χ3v) is 4.34. The smallest absolute Gasteiger partial charge is 0.227 e. The maximum Gasteiger partial charge on any atom is 0.227 e. The van der Waals surface area contributed by atoms with E-state index in [-0.39, 0.29) is 23.8 Å². The van der Waals surface area contributed by atoms with Crippen molar-refractivity contribution in [1.82, 2.24) is 4.90 Å². The van der Waals surface area contributed by atoms with Gasteiger partial charge < -0.3 is 10.6 Å². The van der Waals surface area contributed by atoms with E-state index >= 15 is 0 Å². The number of rotatable bonds is 3. The fraction of sp³-hybridized carbons (Fsp3) is 0.467. The first-order valence-corrected chi connectivity index (χ1v) is 7.60. The molecular formula is C15H19BrN2O2. The van der Waals surface area contributed by atoms with Gasteiger partial charge in [0.05, 0.1) is 12.3 Å². The van der Waals surface area contributed by atoms with Crippen molar-refractivity contribution in [3.63, 3.8) is 0 Å². The Labute approximate surface area is 127 Å². The minimum absolute atomic E-state index is 0.0570. The molecule has 2 amide bonds. The molecule has 1 heterocycles. The van der Waals surface area contributed by atoms with E-state index in [9.17, 15) is 9.59 Å². The van der Waals surface area contributed by atoms with Gasteiger partial charge in [0.2, 0.25) is 11.8 Å². The summed E-state index contributed by atoms with van der Waals surface area (Å²) in [6, 6.07) is 7.89. The predicted molar refractivity (Wildman–Crippen MR) is 80.9 cm³/mol. The van der Waals surface area contributed by atoms with Crippen molar-refractivity contribution in [3.8, 4) is 0 Å². The fourth-order valence-electron chi connectivity index (χ4n) is 2.61. The first kappa shape index (κ1) is 15.0. The lowest BCUT2D eigenvalue weighted by Gasteiger charge is -2.37. The van der Waals surface area contributed by atoms with Crippen molar-refractivity contribution in [3.05, 3.63) is 34.3 Å². The Morgan fingerprint density at radius 3 is 2.80 bits per heavy atom. The molecule has 1 aliphatic rings. The molecule has 4 nitrogen and oxygen atoms in total. The molecule has 2 N–H and O–H groups in total. The third kappa shape index (κ3) is 3.60. The Balaban J connectivity index is 2.05. The van der Waals surface area contributed by atoms with Crippen LogP contribution in [-0.2, 0) is 16.0 Å². The monoisotopic (exact) mass is 338 g/mol. The molecule has 0 spiro atoms. The quantitative estimate of drug-likeness (QED) is 0.917. The van der Waals surface area contributed by atoms with Crippen LogP contribution in [0.3, 0.4) is 0 Å². The van der Waals surface area contributed by atoms with Crippen LogP contribution in [0.25, 0.3) is 0 Å². The molecule has 0 aromatic heterocycles. The molecule has 1 aromatic rings. The van der Waals surface area contributed by atoms with Crippen LogP contribution in [-0.4, -0.2) is 29.3 Å². The summed E-state index contributed by atoms with van der Waals surface area (Å²) in [7, 11) is 0. The number of amides is 2. The van der Waals surface area contributed by atoms with Gasteiger partial charge in [-0.1, -0.05) is 28.1 Å². The number of hydrogen-bond acceptors (Lipinski definition) is 2. The van der Waals surface area contributed by atoms with Gasteiger partial charge in [0.1, 0.15) is 0 Å². The number of primary amides is 1. The Hall–Kier alpha value is -1.36. The van der Waals surface area contributed by atoms with Gasteiger partial charge in [-0.2, -0.15) is 0 Å². The number of benzene rings is 1. The van der Waals surface area contributed by atoms with Crippen molar-refractivity contribution >= 4 is 27.7 Å². The summed E-state index contributed by atoms with van der Waals surface area (Å²) >= 11 is 3.40. The molecule has 1 saturated heterocycles. The second-order valence-corrected chi connectivity index (χ2v) is 6.29.